The number of hydrogen-bond acceptors (Lipinski definition) is 3. The van der Waals surface area contributed by atoms with Crippen LogP contribution in [0.1, 0.15) is 76.8 Å². The molecule has 4 rings (SSSR count). The van der Waals surface area contributed by atoms with Crippen molar-refractivity contribution in [3.05, 3.63) is 69.2 Å². The molecular weight excluding hydrogens is 527 g/mol. The van der Waals surface area contributed by atoms with Crippen LogP contribution in [0.4, 0.5) is 8.78 Å². The molecule has 0 unspecified atom stereocenters. The fourth-order valence-corrected chi connectivity index (χ4v) is 6.59. The van der Waals surface area contributed by atoms with Gasteiger partial charge in [0.15, 0.2) is 0 Å². The van der Waals surface area contributed by atoms with Crippen molar-refractivity contribution in [3.63, 3.8) is 0 Å². The molecule has 204 valence electrons. The second-order valence-corrected chi connectivity index (χ2v) is 13.0. The largest absolute Gasteiger partial charge is 0.352 e. The Morgan fingerprint density at radius 2 is 1.84 bits per heavy atom. The van der Waals surface area contributed by atoms with Crippen molar-refractivity contribution in [2.75, 3.05) is 0 Å². The fraction of sp³-hybridized carbons (Fsp3) is 0.533. The van der Waals surface area contributed by atoms with Crippen molar-refractivity contribution in [2.45, 2.75) is 89.3 Å². The minimum Gasteiger partial charge on any atom is -0.352 e. The van der Waals surface area contributed by atoms with Crippen LogP contribution >= 0.6 is 23.2 Å². The summed E-state index contributed by atoms with van der Waals surface area (Å²) in [4.78, 5) is 13.9. The maximum Gasteiger partial charge on any atom is 0.238 e. The van der Waals surface area contributed by atoms with E-state index in [-0.39, 0.29) is 38.5 Å². The Hall–Kier alpha value is -2.20. The molecule has 2 aromatic carbocycles. The molecule has 2 fully saturated rings. The average molecular weight is 563 g/mol. The van der Waals surface area contributed by atoms with E-state index in [1.54, 1.807) is 6.07 Å². The van der Waals surface area contributed by atoms with Crippen molar-refractivity contribution in [1.82, 2.24) is 10.6 Å². The van der Waals surface area contributed by atoms with Crippen LogP contribution in [0.25, 0.3) is 0 Å². The van der Waals surface area contributed by atoms with Gasteiger partial charge in [-0.05, 0) is 67.2 Å². The molecular formula is C30H35Cl2F2N3O. The van der Waals surface area contributed by atoms with Gasteiger partial charge in [-0.15, -0.1) is 0 Å². The number of carbonyl (C=O) groups excluding carboxylic acids is 1. The summed E-state index contributed by atoms with van der Waals surface area (Å²) in [5.41, 5.74) is -1.71. The van der Waals surface area contributed by atoms with Crippen LogP contribution in [-0.4, -0.2) is 24.0 Å². The van der Waals surface area contributed by atoms with Gasteiger partial charge in [0.1, 0.15) is 17.0 Å². The van der Waals surface area contributed by atoms with E-state index in [2.05, 4.69) is 23.6 Å². The van der Waals surface area contributed by atoms with E-state index in [9.17, 15) is 10.1 Å². The summed E-state index contributed by atoms with van der Waals surface area (Å²) in [6.07, 6.45) is 4.18. The lowest BCUT2D eigenvalue weighted by molar-refractivity contribution is -0.124. The lowest BCUT2D eigenvalue weighted by atomic mass is 9.62. The van der Waals surface area contributed by atoms with Crippen LogP contribution in [0.2, 0.25) is 10.0 Å². The summed E-state index contributed by atoms with van der Waals surface area (Å²) in [7, 11) is 0. The zero-order valence-corrected chi connectivity index (χ0v) is 23.8. The van der Waals surface area contributed by atoms with E-state index >= 15 is 8.78 Å². The van der Waals surface area contributed by atoms with Crippen molar-refractivity contribution in [1.29, 1.82) is 5.26 Å². The van der Waals surface area contributed by atoms with E-state index in [4.69, 9.17) is 23.2 Å². The van der Waals surface area contributed by atoms with Gasteiger partial charge in [-0.25, -0.2) is 8.78 Å². The molecule has 0 spiro atoms. The van der Waals surface area contributed by atoms with Crippen molar-refractivity contribution >= 4 is 29.1 Å². The van der Waals surface area contributed by atoms with Gasteiger partial charge < -0.3 is 10.6 Å². The molecule has 0 aromatic heterocycles. The van der Waals surface area contributed by atoms with Crippen LogP contribution in [0, 0.1) is 34.3 Å². The molecule has 2 aliphatic rings. The third-order valence-electron chi connectivity index (χ3n) is 8.09. The highest BCUT2D eigenvalue weighted by atomic mass is 35.5. The summed E-state index contributed by atoms with van der Waals surface area (Å²) >= 11 is 12.3. The van der Waals surface area contributed by atoms with Gasteiger partial charge in [-0.2, -0.15) is 5.26 Å². The van der Waals surface area contributed by atoms with Crippen molar-refractivity contribution in [3.8, 4) is 6.07 Å². The van der Waals surface area contributed by atoms with Gasteiger partial charge in [0.2, 0.25) is 5.91 Å². The number of nitriles is 1. The third-order valence-corrected chi connectivity index (χ3v) is 8.62. The molecule has 8 heteroatoms. The van der Waals surface area contributed by atoms with E-state index in [1.165, 1.54) is 24.3 Å². The SMILES string of the molecule is CC1CCC(NC(=O)[C@@H]2N[C@@H](CC(C)(C)C)[C@](C#N)(c3ccc(Cl)cc3F)[C@H]2c2cccc(Cl)c2F)CC1. The molecule has 38 heavy (non-hydrogen) atoms. The second-order valence-electron chi connectivity index (χ2n) is 12.2. The molecule has 1 saturated carbocycles. The number of nitrogens with zero attached hydrogens (tertiary/aromatic N) is 1. The first-order valence-corrected chi connectivity index (χ1v) is 14.0. The third kappa shape index (κ3) is 5.57. The summed E-state index contributed by atoms with van der Waals surface area (Å²) in [6, 6.07) is 9.45. The molecule has 4 nitrogen and oxygen atoms in total. The zero-order valence-electron chi connectivity index (χ0n) is 22.3. The molecule has 1 aliphatic heterocycles. The van der Waals surface area contributed by atoms with Gasteiger partial charge in [-0.1, -0.05) is 69.1 Å². The number of nitrogens with one attached hydrogen (secondary N) is 2. The summed E-state index contributed by atoms with van der Waals surface area (Å²) in [5, 5.41) is 17.5. The Morgan fingerprint density at radius 3 is 2.45 bits per heavy atom. The maximum atomic E-state index is 15.7. The molecule has 2 N–H and O–H groups in total. The molecule has 1 aliphatic carbocycles. The monoisotopic (exact) mass is 561 g/mol. The second kappa shape index (κ2) is 11.1. The Morgan fingerprint density at radius 1 is 1.16 bits per heavy atom. The highest BCUT2D eigenvalue weighted by Gasteiger charge is 2.61. The predicted octanol–water partition coefficient (Wildman–Crippen LogP) is 7.29. The first-order valence-electron chi connectivity index (χ1n) is 13.2. The predicted molar refractivity (Wildman–Crippen MR) is 147 cm³/mol. The van der Waals surface area contributed by atoms with Crippen LogP contribution in [0.15, 0.2) is 36.4 Å². The number of carbonyl (C=O) groups is 1. The van der Waals surface area contributed by atoms with Gasteiger partial charge in [0.25, 0.3) is 0 Å². The Kier molecular flexibility index (Phi) is 8.43. The van der Waals surface area contributed by atoms with Crippen molar-refractivity contribution < 1.29 is 13.6 Å². The quantitative estimate of drug-likeness (QED) is 0.402. The van der Waals surface area contributed by atoms with Crippen LogP contribution in [0.5, 0.6) is 0 Å². The fourth-order valence-electron chi connectivity index (χ4n) is 6.25. The standard InChI is InChI=1S/C30H35Cl2F2N3O/c1-17-8-11-19(12-9-17)36-28(38)27-25(20-6-5-7-22(32)26(20)34)30(16-35,24(37-27)15-29(2,3)4)21-13-10-18(31)14-23(21)33/h5-7,10,13-14,17,19,24-25,27,37H,8-9,11-12,15H2,1-4H3,(H,36,38)/t17?,19?,24-,25-,27+,30-/m0/s1. The first-order chi connectivity index (χ1) is 17.9. The van der Waals surface area contributed by atoms with E-state index in [0.29, 0.717) is 12.3 Å². The lowest BCUT2D eigenvalue weighted by Crippen LogP contribution is -2.49. The normalized spacial score (nSPS) is 29.6. The molecule has 0 radical (unpaired) electrons. The molecule has 1 saturated heterocycles. The van der Waals surface area contributed by atoms with Crippen LogP contribution in [0.3, 0.4) is 0 Å². The van der Waals surface area contributed by atoms with Crippen LogP contribution in [-0.2, 0) is 10.2 Å². The topological polar surface area (TPSA) is 64.9 Å². The number of rotatable bonds is 5. The zero-order chi connectivity index (χ0) is 27.8. The highest BCUT2D eigenvalue weighted by molar-refractivity contribution is 6.31. The summed E-state index contributed by atoms with van der Waals surface area (Å²) < 4.78 is 31.4. The summed E-state index contributed by atoms with van der Waals surface area (Å²) in [6.45, 7) is 8.25. The van der Waals surface area contributed by atoms with Gasteiger partial charge >= 0.3 is 0 Å². The molecule has 1 amide bonds. The molecule has 4 atom stereocenters. The van der Waals surface area contributed by atoms with Crippen LogP contribution < -0.4 is 10.6 Å². The average Bonchev–Trinajstić information content (AvgIpc) is 3.15. The molecule has 1 heterocycles. The van der Waals surface area contributed by atoms with Gasteiger partial charge in [0, 0.05) is 28.6 Å². The number of amides is 1. The Labute approximate surface area is 234 Å². The summed E-state index contributed by atoms with van der Waals surface area (Å²) in [5.74, 6) is -2.14. The lowest BCUT2D eigenvalue weighted by Gasteiger charge is -2.37. The van der Waals surface area contributed by atoms with E-state index in [1.807, 2.05) is 20.8 Å². The van der Waals surface area contributed by atoms with E-state index in [0.717, 1.165) is 31.7 Å². The van der Waals surface area contributed by atoms with Gasteiger partial charge in [0.05, 0.1) is 17.1 Å². The number of halogens is 4. The Balaban J connectivity index is 1.90. The van der Waals surface area contributed by atoms with Crippen molar-refractivity contribution in [2.24, 2.45) is 11.3 Å². The smallest absolute Gasteiger partial charge is 0.238 e. The minimum atomic E-state index is -1.61. The number of hydrogen-bond donors (Lipinski definition) is 2. The minimum absolute atomic E-state index is 0.00391. The van der Waals surface area contributed by atoms with E-state index < -0.39 is 35.1 Å². The van der Waals surface area contributed by atoms with Gasteiger partial charge in [-0.3, -0.25) is 4.79 Å². The molecule has 2 aromatic rings. The Bertz CT molecular complexity index is 1230. The number of benzene rings is 2. The highest BCUT2D eigenvalue weighted by Crippen LogP contribution is 2.52. The maximum absolute atomic E-state index is 15.7. The molecule has 0 bridgehead atoms. The first kappa shape index (κ1) is 28.8.